The number of cyclic esters (lactones) is 1. The van der Waals surface area contributed by atoms with Crippen molar-refractivity contribution in [1.82, 2.24) is 5.32 Å². The Kier molecular flexibility index (Phi) is 6.20. The number of carbonyl (C=O) groups is 2. The number of aliphatic hydroxyl groups excluding tert-OH is 3. The lowest BCUT2D eigenvalue weighted by Gasteiger charge is -2.19. The summed E-state index contributed by atoms with van der Waals surface area (Å²) in [5, 5.41) is 30.8. The number of nitrogens with one attached hydrogen (secondary N) is 1. The van der Waals surface area contributed by atoms with Gasteiger partial charge >= 0.3 is 5.97 Å². The van der Waals surface area contributed by atoms with Gasteiger partial charge < -0.3 is 25.4 Å². The molecule has 1 rings (SSSR count). The van der Waals surface area contributed by atoms with Crippen molar-refractivity contribution in [3.63, 3.8) is 0 Å². The largest absolute Gasteiger partial charge is 0.454 e. The summed E-state index contributed by atoms with van der Waals surface area (Å²) in [7, 11) is 0. The van der Waals surface area contributed by atoms with E-state index in [1.807, 2.05) is 0 Å². The van der Waals surface area contributed by atoms with Crippen LogP contribution in [-0.4, -0.2) is 58.2 Å². The Labute approximate surface area is 111 Å². The van der Waals surface area contributed by atoms with Crippen LogP contribution in [-0.2, 0) is 14.3 Å². The van der Waals surface area contributed by atoms with E-state index in [1.165, 1.54) is 0 Å². The van der Waals surface area contributed by atoms with Crippen LogP contribution in [0.5, 0.6) is 0 Å². The molecule has 0 aromatic carbocycles. The Bertz CT molecular complexity index is 321. The molecule has 1 heterocycles. The van der Waals surface area contributed by atoms with Gasteiger partial charge in [-0.25, -0.2) is 4.79 Å². The average molecular weight is 275 g/mol. The van der Waals surface area contributed by atoms with Gasteiger partial charge in [-0.1, -0.05) is 26.2 Å². The highest BCUT2D eigenvalue weighted by molar-refractivity contribution is 5.84. The highest BCUT2D eigenvalue weighted by Crippen LogP contribution is 2.19. The Balaban J connectivity index is 2.34. The SMILES string of the molecule is CCCCCCNC(=O)C(O)[C@H]1OC(=O)[C@@H](O)[C@H]1O. The van der Waals surface area contributed by atoms with E-state index in [4.69, 9.17) is 0 Å². The molecule has 1 fully saturated rings. The van der Waals surface area contributed by atoms with E-state index in [9.17, 15) is 24.9 Å². The number of unbranched alkanes of at least 4 members (excludes halogenated alkanes) is 3. The van der Waals surface area contributed by atoms with E-state index in [0.717, 1.165) is 25.7 Å². The van der Waals surface area contributed by atoms with Gasteiger partial charge in [0.1, 0.15) is 6.10 Å². The van der Waals surface area contributed by atoms with Crippen LogP contribution < -0.4 is 5.32 Å². The third-order valence-corrected chi connectivity index (χ3v) is 3.06. The molecular weight excluding hydrogens is 254 g/mol. The van der Waals surface area contributed by atoms with Crippen LogP contribution >= 0.6 is 0 Å². The molecule has 0 radical (unpaired) electrons. The van der Waals surface area contributed by atoms with Gasteiger partial charge in [0, 0.05) is 6.54 Å². The molecule has 1 aliphatic rings. The topological polar surface area (TPSA) is 116 Å². The lowest BCUT2D eigenvalue weighted by molar-refractivity contribution is -0.153. The summed E-state index contributed by atoms with van der Waals surface area (Å²) in [5.74, 6) is -1.75. The van der Waals surface area contributed by atoms with Gasteiger partial charge in [0.2, 0.25) is 0 Å². The Morgan fingerprint density at radius 1 is 1.37 bits per heavy atom. The summed E-state index contributed by atoms with van der Waals surface area (Å²) >= 11 is 0. The Morgan fingerprint density at radius 2 is 2.05 bits per heavy atom. The summed E-state index contributed by atoms with van der Waals surface area (Å²) in [4.78, 5) is 22.6. The van der Waals surface area contributed by atoms with Gasteiger partial charge in [0.05, 0.1) is 0 Å². The molecule has 7 nitrogen and oxygen atoms in total. The fourth-order valence-corrected chi connectivity index (χ4v) is 1.86. The van der Waals surface area contributed by atoms with E-state index < -0.39 is 36.3 Å². The molecule has 0 spiro atoms. The van der Waals surface area contributed by atoms with E-state index in [0.29, 0.717) is 6.54 Å². The van der Waals surface area contributed by atoms with Crippen LogP contribution in [0.4, 0.5) is 0 Å². The maximum Gasteiger partial charge on any atom is 0.338 e. The van der Waals surface area contributed by atoms with Crippen molar-refractivity contribution in [2.45, 2.75) is 57.0 Å². The average Bonchev–Trinajstić information content (AvgIpc) is 2.65. The first kappa shape index (κ1) is 15.9. The van der Waals surface area contributed by atoms with Gasteiger partial charge in [-0.05, 0) is 6.42 Å². The number of carbonyl (C=O) groups excluding carboxylic acids is 2. The molecule has 19 heavy (non-hydrogen) atoms. The first-order chi connectivity index (χ1) is 8.99. The number of rotatable bonds is 7. The number of ether oxygens (including phenoxy) is 1. The molecule has 0 aromatic heterocycles. The normalized spacial score (nSPS) is 28.0. The van der Waals surface area contributed by atoms with Gasteiger partial charge in [-0.15, -0.1) is 0 Å². The first-order valence-electron chi connectivity index (χ1n) is 6.51. The van der Waals surface area contributed by atoms with Crippen LogP contribution in [0.15, 0.2) is 0 Å². The summed E-state index contributed by atoms with van der Waals surface area (Å²) in [6, 6.07) is 0. The highest BCUT2D eigenvalue weighted by atomic mass is 16.6. The molecule has 1 unspecified atom stereocenters. The van der Waals surface area contributed by atoms with Crippen LogP contribution in [0.3, 0.4) is 0 Å². The third kappa shape index (κ3) is 4.15. The Hall–Kier alpha value is -1.18. The summed E-state index contributed by atoms with van der Waals surface area (Å²) < 4.78 is 4.56. The van der Waals surface area contributed by atoms with Crippen molar-refractivity contribution in [2.75, 3.05) is 6.54 Å². The molecule has 0 saturated carbocycles. The minimum absolute atomic E-state index is 0.412. The predicted octanol–water partition coefficient (Wildman–Crippen LogP) is -1.31. The molecule has 0 aliphatic carbocycles. The van der Waals surface area contributed by atoms with Crippen LogP contribution in [0.2, 0.25) is 0 Å². The maximum absolute atomic E-state index is 11.6. The zero-order valence-corrected chi connectivity index (χ0v) is 10.9. The zero-order valence-electron chi connectivity index (χ0n) is 10.9. The van der Waals surface area contributed by atoms with E-state index in [1.54, 1.807) is 0 Å². The molecule has 4 N–H and O–H groups in total. The van der Waals surface area contributed by atoms with Crippen molar-refractivity contribution >= 4 is 11.9 Å². The molecule has 110 valence electrons. The van der Waals surface area contributed by atoms with E-state index in [-0.39, 0.29) is 0 Å². The Morgan fingerprint density at radius 3 is 2.58 bits per heavy atom. The number of esters is 1. The van der Waals surface area contributed by atoms with Gasteiger partial charge in [0.25, 0.3) is 5.91 Å². The maximum atomic E-state index is 11.6. The number of amides is 1. The number of hydrogen-bond donors (Lipinski definition) is 4. The number of aliphatic hydroxyl groups is 3. The van der Waals surface area contributed by atoms with Crippen LogP contribution in [0, 0.1) is 0 Å². The summed E-state index contributed by atoms with van der Waals surface area (Å²) in [6.07, 6.45) is -2.47. The van der Waals surface area contributed by atoms with Crippen molar-refractivity contribution in [3.05, 3.63) is 0 Å². The monoisotopic (exact) mass is 275 g/mol. The van der Waals surface area contributed by atoms with Crippen LogP contribution in [0.1, 0.15) is 32.6 Å². The molecule has 1 amide bonds. The highest BCUT2D eigenvalue weighted by Gasteiger charge is 2.48. The molecule has 4 atom stereocenters. The second-order valence-corrected chi connectivity index (χ2v) is 4.63. The second-order valence-electron chi connectivity index (χ2n) is 4.63. The van der Waals surface area contributed by atoms with Gasteiger partial charge in [-0.2, -0.15) is 0 Å². The molecular formula is C12H21NO6. The zero-order chi connectivity index (χ0) is 14.4. The molecule has 0 bridgehead atoms. The third-order valence-electron chi connectivity index (χ3n) is 3.06. The van der Waals surface area contributed by atoms with Crippen LogP contribution in [0.25, 0.3) is 0 Å². The first-order valence-corrected chi connectivity index (χ1v) is 6.51. The van der Waals surface area contributed by atoms with E-state index >= 15 is 0 Å². The molecule has 7 heteroatoms. The van der Waals surface area contributed by atoms with Crippen molar-refractivity contribution in [1.29, 1.82) is 0 Å². The van der Waals surface area contributed by atoms with Crippen molar-refractivity contribution in [2.24, 2.45) is 0 Å². The lowest BCUT2D eigenvalue weighted by atomic mass is 10.1. The lowest BCUT2D eigenvalue weighted by Crippen LogP contribution is -2.47. The van der Waals surface area contributed by atoms with Crippen molar-refractivity contribution in [3.8, 4) is 0 Å². The smallest absolute Gasteiger partial charge is 0.338 e. The predicted molar refractivity (Wildman–Crippen MR) is 65.1 cm³/mol. The quantitative estimate of drug-likeness (QED) is 0.339. The van der Waals surface area contributed by atoms with Crippen molar-refractivity contribution < 1.29 is 29.6 Å². The fraction of sp³-hybridized carbons (Fsp3) is 0.833. The molecule has 1 aliphatic heterocycles. The van der Waals surface area contributed by atoms with Gasteiger partial charge in [-0.3, -0.25) is 4.79 Å². The molecule has 0 aromatic rings. The summed E-state index contributed by atoms with van der Waals surface area (Å²) in [6.45, 7) is 2.48. The summed E-state index contributed by atoms with van der Waals surface area (Å²) in [5.41, 5.74) is 0. The second kappa shape index (κ2) is 7.42. The minimum Gasteiger partial charge on any atom is -0.454 e. The number of hydrogen-bond acceptors (Lipinski definition) is 6. The fourth-order valence-electron chi connectivity index (χ4n) is 1.86. The van der Waals surface area contributed by atoms with E-state index in [2.05, 4.69) is 17.0 Å². The van der Waals surface area contributed by atoms with Gasteiger partial charge in [0.15, 0.2) is 18.3 Å². The minimum atomic E-state index is -1.71. The standard InChI is InChI=1S/C12H21NO6/c1-2-3-4-5-6-13-11(17)9(16)10-7(14)8(15)12(18)19-10/h7-10,14-16H,2-6H2,1H3,(H,13,17)/t7-,8+,9?,10+/m1/s1. The molecule has 1 saturated heterocycles.